The van der Waals surface area contributed by atoms with E-state index in [0.29, 0.717) is 0 Å². The molecule has 2 rings (SSSR count). The van der Waals surface area contributed by atoms with Crippen LogP contribution in [0.4, 0.5) is 10.2 Å². The van der Waals surface area contributed by atoms with Crippen LogP contribution in [0.3, 0.4) is 0 Å². The van der Waals surface area contributed by atoms with Crippen molar-refractivity contribution in [3.05, 3.63) is 58.7 Å². The fourth-order valence-electron chi connectivity index (χ4n) is 2.13. The Labute approximate surface area is 158 Å². The van der Waals surface area contributed by atoms with Crippen molar-refractivity contribution in [2.75, 3.05) is 11.9 Å². The van der Waals surface area contributed by atoms with Gasteiger partial charge in [-0.1, -0.05) is 59.4 Å². The van der Waals surface area contributed by atoms with Crippen molar-refractivity contribution in [3.8, 4) is 11.3 Å². The number of hydrogen-bond acceptors (Lipinski definition) is 2. The standard InChI is InChI=1S/C19H21FN2.2C2H6/c1-4-6-7-17-14(3)13-18(22-19(17)21-12-5-2)15-8-10-16(20)11-9-15;2*1-2/h4,6-11,13H,3,5,12H2,1-2H3,(H,21,22);2*1-2H3/b6-4-,17-7+;;. The topological polar surface area (TPSA) is 24.9 Å². The third-order valence-electron chi connectivity index (χ3n) is 3.28. The molecule has 0 fully saturated rings. The Bertz CT molecular complexity index is 762. The van der Waals surface area contributed by atoms with Crippen LogP contribution in [0.25, 0.3) is 23.9 Å². The van der Waals surface area contributed by atoms with Crippen LogP contribution >= 0.6 is 0 Å². The zero-order valence-electron chi connectivity index (χ0n) is 17.1. The highest BCUT2D eigenvalue weighted by molar-refractivity contribution is 5.63. The molecule has 2 aromatic rings. The Balaban J connectivity index is 0.00000146. The van der Waals surface area contributed by atoms with Gasteiger partial charge in [0.05, 0.1) is 5.69 Å². The maximum Gasteiger partial charge on any atom is 0.134 e. The minimum atomic E-state index is -0.249. The molecule has 0 aliphatic carbocycles. The molecule has 0 spiro atoms. The van der Waals surface area contributed by atoms with Crippen LogP contribution < -0.4 is 15.8 Å². The number of allylic oxidation sites excluding steroid dienone is 2. The molecule has 142 valence electrons. The van der Waals surface area contributed by atoms with Gasteiger partial charge in [0.15, 0.2) is 0 Å². The van der Waals surface area contributed by atoms with E-state index in [1.807, 2.05) is 58.9 Å². The fraction of sp³-hybridized carbons (Fsp3) is 0.348. The summed E-state index contributed by atoms with van der Waals surface area (Å²) in [5.74, 6) is 0.563. The average Bonchev–Trinajstić information content (AvgIpc) is 2.69. The van der Waals surface area contributed by atoms with Crippen molar-refractivity contribution >= 4 is 18.5 Å². The summed E-state index contributed by atoms with van der Waals surface area (Å²) in [7, 11) is 0. The van der Waals surface area contributed by atoms with E-state index < -0.39 is 0 Å². The van der Waals surface area contributed by atoms with E-state index in [9.17, 15) is 4.39 Å². The molecule has 1 N–H and O–H groups in total. The highest BCUT2D eigenvalue weighted by Crippen LogP contribution is 2.16. The molecule has 0 aliphatic rings. The smallest absolute Gasteiger partial charge is 0.134 e. The van der Waals surface area contributed by atoms with Crippen LogP contribution in [-0.2, 0) is 0 Å². The lowest BCUT2D eigenvalue weighted by Crippen LogP contribution is -2.29. The van der Waals surface area contributed by atoms with Crippen LogP contribution in [0.1, 0.15) is 48.0 Å². The normalized spacial score (nSPS) is 10.7. The number of benzene rings is 1. The number of pyridine rings is 1. The monoisotopic (exact) mass is 356 g/mol. The van der Waals surface area contributed by atoms with Gasteiger partial charge in [-0.2, -0.15) is 0 Å². The fourth-order valence-corrected chi connectivity index (χ4v) is 2.13. The second-order valence-corrected chi connectivity index (χ2v) is 5.06. The number of nitrogens with one attached hydrogen (secondary N) is 1. The molecule has 1 heterocycles. The molecule has 26 heavy (non-hydrogen) atoms. The van der Waals surface area contributed by atoms with Crippen LogP contribution in [0.5, 0.6) is 0 Å². The molecule has 0 saturated heterocycles. The molecular formula is C23H33FN2. The van der Waals surface area contributed by atoms with Crippen molar-refractivity contribution in [1.82, 2.24) is 4.98 Å². The first-order chi connectivity index (χ1) is 12.7. The average molecular weight is 357 g/mol. The lowest BCUT2D eigenvalue weighted by Gasteiger charge is -2.09. The van der Waals surface area contributed by atoms with E-state index in [-0.39, 0.29) is 5.82 Å². The Hall–Kier alpha value is -2.42. The van der Waals surface area contributed by atoms with E-state index in [2.05, 4.69) is 23.8 Å². The van der Waals surface area contributed by atoms with Crippen LogP contribution in [0.15, 0.2) is 42.5 Å². The third-order valence-corrected chi connectivity index (χ3v) is 3.28. The minimum absolute atomic E-state index is 0.249. The predicted molar refractivity (Wildman–Crippen MR) is 115 cm³/mol. The van der Waals surface area contributed by atoms with Crippen molar-refractivity contribution in [2.45, 2.75) is 48.0 Å². The second-order valence-electron chi connectivity index (χ2n) is 5.06. The van der Waals surface area contributed by atoms with Crippen LogP contribution in [-0.4, -0.2) is 11.5 Å². The summed E-state index contributed by atoms with van der Waals surface area (Å²) >= 11 is 0. The summed E-state index contributed by atoms with van der Waals surface area (Å²) in [4.78, 5) is 4.69. The van der Waals surface area contributed by atoms with Gasteiger partial charge in [-0.3, -0.25) is 0 Å². The van der Waals surface area contributed by atoms with E-state index in [1.165, 1.54) is 12.1 Å². The predicted octanol–water partition coefficient (Wildman–Crippen LogP) is 5.53. The van der Waals surface area contributed by atoms with Gasteiger partial charge in [-0.25, -0.2) is 9.37 Å². The molecule has 0 atom stereocenters. The molecule has 0 aliphatic heterocycles. The molecule has 0 bridgehead atoms. The van der Waals surface area contributed by atoms with Crippen molar-refractivity contribution in [3.63, 3.8) is 0 Å². The highest BCUT2D eigenvalue weighted by atomic mass is 19.1. The third kappa shape index (κ3) is 7.22. The number of halogens is 1. The molecule has 0 unspecified atom stereocenters. The van der Waals surface area contributed by atoms with E-state index in [4.69, 9.17) is 0 Å². The zero-order valence-corrected chi connectivity index (χ0v) is 17.1. The number of anilines is 1. The van der Waals surface area contributed by atoms with Crippen LogP contribution in [0, 0.1) is 5.82 Å². The first-order valence-electron chi connectivity index (χ1n) is 9.48. The minimum Gasteiger partial charge on any atom is -0.370 e. The Kier molecular flexibility index (Phi) is 12.5. The van der Waals surface area contributed by atoms with Gasteiger partial charge < -0.3 is 5.32 Å². The van der Waals surface area contributed by atoms with E-state index in [1.54, 1.807) is 12.1 Å². The Morgan fingerprint density at radius 1 is 1.12 bits per heavy atom. The summed E-state index contributed by atoms with van der Waals surface area (Å²) < 4.78 is 13.1. The zero-order chi connectivity index (χ0) is 19.9. The largest absolute Gasteiger partial charge is 0.370 e. The SMILES string of the molecule is C=c1cc(-c2ccc(F)cc2)nc(NCCC)/c1=C/C=C\C.CC.CC. The van der Waals surface area contributed by atoms with E-state index >= 15 is 0 Å². The summed E-state index contributed by atoms with van der Waals surface area (Å²) in [6.45, 7) is 17.0. The highest BCUT2D eigenvalue weighted by Gasteiger charge is 2.04. The number of aromatic nitrogens is 1. The van der Waals surface area contributed by atoms with Gasteiger partial charge in [-0.05, 0) is 48.9 Å². The van der Waals surface area contributed by atoms with Crippen molar-refractivity contribution < 1.29 is 4.39 Å². The molecular weight excluding hydrogens is 323 g/mol. The van der Waals surface area contributed by atoms with Gasteiger partial charge in [0.1, 0.15) is 11.6 Å². The second kappa shape index (κ2) is 13.8. The van der Waals surface area contributed by atoms with Gasteiger partial charge in [-0.15, -0.1) is 0 Å². The number of hydrogen-bond donors (Lipinski definition) is 1. The Morgan fingerprint density at radius 3 is 2.27 bits per heavy atom. The van der Waals surface area contributed by atoms with Crippen molar-refractivity contribution in [2.24, 2.45) is 0 Å². The summed E-state index contributed by atoms with van der Waals surface area (Å²) in [6.07, 6.45) is 6.96. The molecule has 0 amide bonds. The molecule has 3 heteroatoms. The molecule has 2 nitrogen and oxygen atoms in total. The first kappa shape index (κ1) is 23.6. The number of nitrogens with zero attached hydrogens (tertiary/aromatic N) is 1. The summed E-state index contributed by atoms with van der Waals surface area (Å²) in [5, 5.41) is 5.22. The summed E-state index contributed by atoms with van der Waals surface area (Å²) in [5.41, 5.74) is 1.67. The molecule has 1 aromatic carbocycles. The lowest BCUT2D eigenvalue weighted by molar-refractivity contribution is 0.628. The van der Waals surface area contributed by atoms with Gasteiger partial charge in [0.25, 0.3) is 0 Å². The van der Waals surface area contributed by atoms with Gasteiger partial charge in [0.2, 0.25) is 0 Å². The maximum atomic E-state index is 13.1. The molecule has 1 aromatic heterocycles. The summed E-state index contributed by atoms with van der Waals surface area (Å²) in [6, 6.07) is 8.28. The number of rotatable bonds is 5. The first-order valence-corrected chi connectivity index (χ1v) is 9.48. The molecule has 0 saturated carbocycles. The van der Waals surface area contributed by atoms with Gasteiger partial charge in [0, 0.05) is 17.3 Å². The lowest BCUT2D eigenvalue weighted by atomic mass is 10.1. The maximum absolute atomic E-state index is 13.1. The quantitative estimate of drug-likeness (QED) is 0.762. The van der Waals surface area contributed by atoms with Gasteiger partial charge >= 0.3 is 0 Å². The molecule has 0 radical (unpaired) electrons. The Morgan fingerprint density at radius 2 is 1.73 bits per heavy atom. The van der Waals surface area contributed by atoms with E-state index in [0.717, 1.165) is 40.5 Å². The van der Waals surface area contributed by atoms with Crippen molar-refractivity contribution in [1.29, 1.82) is 0 Å². The van der Waals surface area contributed by atoms with Crippen LogP contribution in [0.2, 0.25) is 0 Å².